The average molecular weight is 253 g/mol. The first-order chi connectivity index (χ1) is 9.11. The Morgan fingerprint density at radius 3 is 2.79 bits per heavy atom. The van der Waals surface area contributed by atoms with E-state index in [4.69, 9.17) is 5.73 Å². The standard InChI is InChI=1S/C14H15N5/c1-9-10(2)18-19-14(13(9)7-15)17-8-11-4-3-5-12(16)6-11/h3-6H,8,16H2,1-2H3,(H,17,19). The first-order valence-corrected chi connectivity index (χ1v) is 5.94. The smallest absolute Gasteiger partial charge is 0.167 e. The van der Waals surface area contributed by atoms with Crippen LogP contribution in [0.5, 0.6) is 0 Å². The summed E-state index contributed by atoms with van der Waals surface area (Å²) in [5, 5.41) is 20.4. The Kier molecular flexibility index (Phi) is 3.62. The number of hydrogen-bond acceptors (Lipinski definition) is 5. The Morgan fingerprint density at radius 2 is 2.11 bits per heavy atom. The van der Waals surface area contributed by atoms with Crippen LogP contribution in [-0.4, -0.2) is 10.2 Å². The first-order valence-electron chi connectivity index (χ1n) is 5.94. The van der Waals surface area contributed by atoms with Crippen LogP contribution < -0.4 is 11.1 Å². The number of benzene rings is 1. The maximum absolute atomic E-state index is 9.19. The summed E-state index contributed by atoms with van der Waals surface area (Å²) in [6.07, 6.45) is 0. The molecule has 0 amide bonds. The van der Waals surface area contributed by atoms with Gasteiger partial charge >= 0.3 is 0 Å². The van der Waals surface area contributed by atoms with Crippen LogP contribution in [0.3, 0.4) is 0 Å². The van der Waals surface area contributed by atoms with E-state index in [0.717, 1.165) is 16.8 Å². The molecular weight excluding hydrogens is 238 g/mol. The quantitative estimate of drug-likeness (QED) is 0.818. The molecule has 0 radical (unpaired) electrons. The summed E-state index contributed by atoms with van der Waals surface area (Å²) in [6, 6.07) is 9.73. The number of nitrogen functional groups attached to an aromatic ring is 1. The SMILES string of the molecule is Cc1nnc(NCc2cccc(N)c2)c(C#N)c1C. The molecule has 2 aromatic rings. The van der Waals surface area contributed by atoms with Gasteiger partial charge in [0.1, 0.15) is 11.6 Å². The van der Waals surface area contributed by atoms with Crippen molar-refractivity contribution in [2.75, 3.05) is 11.1 Å². The Bertz CT molecular complexity index is 643. The lowest BCUT2D eigenvalue weighted by atomic mass is 10.1. The molecule has 96 valence electrons. The van der Waals surface area contributed by atoms with E-state index >= 15 is 0 Å². The zero-order chi connectivity index (χ0) is 13.8. The van der Waals surface area contributed by atoms with Gasteiger partial charge in [0.15, 0.2) is 5.82 Å². The van der Waals surface area contributed by atoms with Gasteiger partial charge in [-0.3, -0.25) is 0 Å². The van der Waals surface area contributed by atoms with Crippen molar-refractivity contribution >= 4 is 11.5 Å². The Labute approximate surface area is 112 Å². The van der Waals surface area contributed by atoms with Crippen molar-refractivity contribution in [3.05, 3.63) is 46.6 Å². The summed E-state index contributed by atoms with van der Waals surface area (Å²) in [5.74, 6) is 0.507. The van der Waals surface area contributed by atoms with E-state index in [0.29, 0.717) is 23.6 Å². The van der Waals surface area contributed by atoms with Crippen LogP contribution >= 0.6 is 0 Å². The van der Waals surface area contributed by atoms with Crippen molar-refractivity contribution in [2.24, 2.45) is 0 Å². The van der Waals surface area contributed by atoms with E-state index in [2.05, 4.69) is 21.6 Å². The van der Waals surface area contributed by atoms with Crippen LogP contribution in [0.1, 0.15) is 22.4 Å². The molecule has 5 nitrogen and oxygen atoms in total. The number of hydrogen-bond donors (Lipinski definition) is 2. The second-order valence-electron chi connectivity index (χ2n) is 4.34. The van der Waals surface area contributed by atoms with E-state index in [9.17, 15) is 5.26 Å². The predicted molar refractivity (Wildman–Crippen MR) is 74.4 cm³/mol. The molecule has 1 aromatic carbocycles. The van der Waals surface area contributed by atoms with Gasteiger partial charge in [-0.25, -0.2) is 0 Å². The third kappa shape index (κ3) is 2.80. The molecule has 1 aromatic heterocycles. The van der Waals surface area contributed by atoms with E-state index in [1.165, 1.54) is 0 Å². The Morgan fingerprint density at radius 1 is 1.32 bits per heavy atom. The van der Waals surface area contributed by atoms with Crippen molar-refractivity contribution in [3.8, 4) is 6.07 Å². The number of nitrogens with one attached hydrogen (secondary N) is 1. The molecule has 0 atom stereocenters. The van der Waals surface area contributed by atoms with Crippen molar-refractivity contribution < 1.29 is 0 Å². The topological polar surface area (TPSA) is 87.6 Å². The van der Waals surface area contributed by atoms with Crippen LogP contribution in [0.15, 0.2) is 24.3 Å². The highest BCUT2D eigenvalue weighted by Gasteiger charge is 2.10. The molecule has 0 aliphatic carbocycles. The van der Waals surface area contributed by atoms with Crippen molar-refractivity contribution in [1.29, 1.82) is 5.26 Å². The molecular formula is C14H15N5. The van der Waals surface area contributed by atoms with Gasteiger partial charge in [-0.05, 0) is 37.1 Å². The minimum Gasteiger partial charge on any atom is -0.399 e. The summed E-state index contributed by atoms with van der Waals surface area (Å²) in [5.41, 5.74) is 9.63. The van der Waals surface area contributed by atoms with Gasteiger partial charge in [0, 0.05) is 12.2 Å². The van der Waals surface area contributed by atoms with Gasteiger partial charge in [-0.1, -0.05) is 12.1 Å². The normalized spacial score (nSPS) is 9.95. The number of aromatic nitrogens is 2. The van der Waals surface area contributed by atoms with E-state index in [1.807, 2.05) is 38.1 Å². The number of rotatable bonds is 3. The van der Waals surface area contributed by atoms with E-state index in [1.54, 1.807) is 0 Å². The van der Waals surface area contributed by atoms with E-state index < -0.39 is 0 Å². The Hall–Kier alpha value is -2.61. The zero-order valence-corrected chi connectivity index (χ0v) is 10.9. The Balaban J connectivity index is 2.21. The second-order valence-corrected chi connectivity index (χ2v) is 4.34. The maximum Gasteiger partial charge on any atom is 0.167 e. The summed E-state index contributed by atoms with van der Waals surface area (Å²) >= 11 is 0. The van der Waals surface area contributed by atoms with Crippen LogP contribution in [0.2, 0.25) is 0 Å². The highest BCUT2D eigenvalue weighted by atomic mass is 15.2. The molecule has 0 unspecified atom stereocenters. The molecule has 2 rings (SSSR count). The summed E-state index contributed by atoms with van der Waals surface area (Å²) < 4.78 is 0. The minimum absolute atomic E-state index is 0.507. The molecule has 0 aliphatic rings. The summed E-state index contributed by atoms with van der Waals surface area (Å²) in [6.45, 7) is 4.26. The fourth-order valence-corrected chi connectivity index (χ4v) is 1.76. The van der Waals surface area contributed by atoms with Gasteiger partial charge in [0.25, 0.3) is 0 Å². The van der Waals surface area contributed by atoms with Crippen LogP contribution in [0.4, 0.5) is 11.5 Å². The fourth-order valence-electron chi connectivity index (χ4n) is 1.76. The highest BCUT2D eigenvalue weighted by molar-refractivity contribution is 5.56. The number of nitrogens with two attached hydrogens (primary N) is 1. The lowest BCUT2D eigenvalue weighted by molar-refractivity contribution is 0.941. The van der Waals surface area contributed by atoms with Gasteiger partial charge < -0.3 is 11.1 Å². The van der Waals surface area contributed by atoms with Crippen molar-refractivity contribution in [1.82, 2.24) is 10.2 Å². The van der Waals surface area contributed by atoms with Crippen LogP contribution in [-0.2, 0) is 6.54 Å². The monoisotopic (exact) mass is 253 g/mol. The third-order valence-electron chi connectivity index (χ3n) is 2.98. The average Bonchev–Trinajstić information content (AvgIpc) is 2.40. The predicted octanol–water partition coefficient (Wildman–Crippen LogP) is 2.16. The van der Waals surface area contributed by atoms with E-state index in [-0.39, 0.29) is 0 Å². The molecule has 0 fully saturated rings. The molecule has 5 heteroatoms. The van der Waals surface area contributed by atoms with Gasteiger partial charge in [-0.15, -0.1) is 5.10 Å². The highest BCUT2D eigenvalue weighted by Crippen LogP contribution is 2.18. The molecule has 0 spiro atoms. The minimum atomic E-state index is 0.507. The lowest BCUT2D eigenvalue weighted by Crippen LogP contribution is -2.07. The van der Waals surface area contributed by atoms with Gasteiger partial charge in [0.05, 0.1) is 5.69 Å². The molecule has 0 bridgehead atoms. The number of anilines is 2. The van der Waals surface area contributed by atoms with Crippen LogP contribution in [0, 0.1) is 25.2 Å². The number of aryl methyl sites for hydroxylation is 1. The van der Waals surface area contributed by atoms with Crippen LogP contribution in [0.25, 0.3) is 0 Å². The summed E-state index contributed by atoms with van der Waals surface area (Å²) in [4.78, 5) is 0. The molecule has 19 heavy (non-hydrogen) atoms. The zero-order valence-electron chi connectivity index (χ0n) is 10.9. The molecule has 0 saturated carbocycles. The van der Waals surface area contributed by atoms with Gasteiger partial charge in [0.2, 0.25) is 0 Å². The van der Waals surface area contributed by atoms with Gasteiger partial charge in [-0.2, -0.15) is 10.4 Å². The number of nitrogens with zero attached hydrogens (tertiary/aromatic N) is 3. The fraction of sp³-hybridized carbons (Fsp3) is 0.214. The lowest BCUT2D eigenvalue weighted by Gasteiger charge is -2.09. The molecule has 3 N–H and O–H groups in total. The molecule has 0 aliphatic heterocycles. The maximum atomic E-state index is 9.19. The third-order valence-corrected chi connectivity index (χ3v) is 2.98. The van der Waals surface area contributed by atoms with Crippen molar-refractivity contribution in [3.63, 3.8) is 0 Å². The largest absolute Gasteiger partial charge is 0.399 e. The van der Waals surface area contributed by atoms with Crippen molar-refractivity contribution in [2.45, 2.75) is 20.4 Å². The number of nitriles is 1. The second kappa shape index (κ2) is 5.36. The summed E-state index contributed by atoms with van der Waals surface area (Å²) in [7, 11) is 0. The molecule has 1 heterocycles. The molecule has 0 saturated heterocycles. The first kappa shape index (κ1) is 12.8.